The van der Waals surface area contributed by atoms with Crippen molar-refractivity contribution in [3.63, 3.8) is 0 Å². The average Bonchev–Trinajstić information content (AvgIpc) is 2.68. The summed E-state index contributed by atoms with van der Waals surface area (Å²) in [5.41, 5.74) is 7.38. The average molecular weight is 405 g/mol. The summed E-state index contributed by atoms with van der Waals surface area (Å²) < 4.78 is 27.8. The molecule has 0 amide bonds. The second-order valence-electron chi connectivity index (χ2n) is 6.87. The van der Waals surface area contributed by atoms with Crippen molar-refractivity contribution >= 4 is 23.4 Å². The molecular formula is C21H30F2N6. The van der Waals surface area contributed by atoms with Gasteiger partial charge in [0.15, 0.2) is 5.82 Å². The summed E-state index contributed by atoms with van der Waals surface area (Å²) in [5, 5.41) is 3.21. The molecule has 3 N–H and O–H groups in total. The zero-order valence-electron chi connectivity index (χ0n) is 17.3. The third-order valence-electron chi connectivity index (χ3n) is 4.51. The van der Waals surface area contributed by atoms with E-state index in [-0.39, 0.29) is 13.0 Å². The van der Waals surface area contributed by atoms with Crippen LogP contribution >= 0.6 is 0 Å². The highest BCUT2D eigenvalue weighted by molar-refractivity contribution is 5.63. The Morgan fingerprint density at radius 2 is 2.21 bits per heavy atom. The molecule has 0 radical (unpaired) electrons. The molecule has 158 valence electrons. The predicted octanol–water partition coefficient (Wildman–Crippen LogP) is 4.38. The monoisotopic (exact) mass is 404 g/mol. The van der Waals surface area contributed by atoms with Gasteiger partial charge in [-0.1, -0.05) is 19.1 Å². The molecule has 0 saturated carbocycles. The molecule has 0 unspecified atom stereocenters. The second kappa shape index (κ2) is 10.7. The molecule has 2 heterocycles. The van der Waals surface area contributed by atoms with Gasteiger partial charge in [0.25, 0.3) is 5.92 Å². The Morgan fingerprint density at radius 1 is 1.41 bits per heavy atom. The van der Waals surface area contributed by atoms with Crippen molar-refractivity contribution < 1.29 is 8.78 Å². The zero-order valence-corrected chi connectivity index (χ0v) is 17.3. The summed E-state index contributed by atoms with van der Waals surface area (Å²) >= 11 is 0. The molecule has 1 aromatic rings. The van der Waals surface area contributed by atoms with Gasteiger partial charge in [0.2, 0.25) is 0 Å². The van der Waals surface area contributed by atoms with Gasteiger partial charge in [-0.25, -0.2) is 18.7 Å². The molecule has 1 aromatic heterocycles. The molecule has 0 aliphatic carbocycles. The molecule has 6 nitrogen and oxygen atoms in total. The van der Waals surface area contributed by atoms with Crippen molar-refractivity contribution in [1.82, 2.24) is 9.97 Å². The molecule has 29 heavy (non-hydrogen) atoms. The third kappa shape index (κ3) is 6.96. The Kier molecular flexibility index (Phi) is 8.30. The molecular weight excluding hydrogens is 374 g/mol. The highest BCUT2D eigenvalue weighted by Gasteiger charge is 2.35. The minimum absolute atomic E-state index is 0.0880. The van der Waals surface area contributed by atoms with Gasteiger partial charge in [-0.3, -0.25) is 4.99 Å². The Bertz CT molecular complexity index is 798. The van der Waals surface area contributed by atoms with Crippen molar-refractivity contribution in [1.29, 1.82) is 0 Å². The van der Waals surface area contributed by atoms with Gasteiger partial charge in [-0.15, -0.1) is 0 Å². The van der Waals surface area contributed by atoms with Gasteiger partial charge >= 0.3 is 0 Å². The Labute approximate surface area is 171 Å². The van der Waals surface area contributed by atoms with Crippen LogP contribution in [0.4, 0.5) is 20.4 Å². The second-order valence-corrected chi connectivity index (χ2v) is 6.87. The minimum atomic E-state index is -2.71. The van der Waals surface area contributed by atoms with Gasteiger partial charge in [0.05, 0.1) is 6.54 Å². The Morgan fingerprint density at radius 3 is 2.86 bits per heavy atom. The first-order valence-corrected chi connectivity index (χ1v) is 9.87. The van der Waals surface area contributed by atoms with E-state index in [4.69, 9.17) is 5.73 Å². The lowest BCUT2D eigenvalue weighted by Crippen LogP contribution is -2.43. The smallest absolute Gasteiger partial charge is 0.265 e. The number of anilines is 2. The third-order valence-corrected chi connectivity index (χ3v) is 4.51. The van der Waals surface area contributed by atoms with Crippen molar-refractivity contribution in [2.24, 2.45) is 10.7 Å². The zero-order chi connectivity index (χ0) is 21.3. The van der Waals surface area contributed by atoms with Crippen molar-refractivity contribution in [3.8, 4) is 0 Å². The highest BCUT2D eigenvalue weighted by atomic mass is 19.3. The number of rotatable bonds is 8. The summed E-state index contributed by atoms with van der Waals surface area (Å²) in [6, 6.07) is 1.71. The van der Waals surface area contributed by atoms with Crippen LogP contribution in [-0.2, 0) is 0 Å². The molecule has 2 rings (SSSR count). The number of alkyl halides is 2. The van der Waals surface area contributed by atoms with Gasteiger partial charge in [-0.05, 0) is 32.8 Å². The molecule has 1 saturated heterocycles. The van der Waals surface area contributed by atoms with Crippen molar-refractivity contribution in [2.75, 3.05) is 29.9 Å². The lowest BCUT2D eigenvalue weighted by atomic mass is 10.1. The molecule has 1 fully saturated rings. The first-order valence-electron chi connectivity index (χ1n) is 9.87. The molecule has 0 spiro atoms. The van der Waals surface area contributed by atoms with E-state index in [2.05, 4.69) is 20.3 Å². The van der Waals surface area contributed by atoms with Crippen LogP contribution in [0, 0.1) is 0 Å². The van der Waals surface area contributed by atoms with E-state index in [1.54, 1.807) is 17.2 Å². The van der Waals surface area contributed by atoms with Crippen LogP contribution in [-0.4, -0.2) is 41.7 Å². The lowest BCUT2D eigenvalue weighted by Gasteiger charge is -2.33. The van der Waals surface area contributed by atoms with E-state index in [0.29, 0.717) is 43.4 Å². The fraction of sp³-hybridized carbons (Fsp3) is 0.476. The highest BCUT2D eigenvalue weighted by Crippen LogP contribution is 2.30. The van der Waals surface area contributed by atoms with Gasteiger partial charge < -0.3 is 16.0 Å². The summed E-state index contributed by atoms with van der Waals surface area (Å²) in [4.78, 5) is 14.8. The number of hydrogen-bond acceptors (Lipinski definition) is 6. The van der Waals surface area contributed by atoms with Crippen molar-refractivity contribution in [2.45, 2.75) is 46.0 Å². The topological polar surface area (TPSA) is 79.4 Å². The summed E-state index contributed by atoms with van der Waals surface area (Å²) in [6.45, 7) is 6.47. The number of aliphatic imine (C=N–C) groups is 1. The van der Waals surface area contributed by atoms with E-state index < -0.39 is 5.92 Å². The van der Waals surface area contributed by atoms with E-state index in [9.17, 15) is 8.78 Å². The van der Waals surface area contributed by atoms with Crippen LogP contribution in [0.15, 0.2) is 41.2 Å². The molecule has 0 atom stereocenters. The molecule has 1 aliphatic heterocycles. The lowest BCUT2D eigenvalue weighted by molar-refractivity contribution is -0.0118. The standard InChI is InChI=1S/C21H30F2N6/c1-4-17(14-24)20-27-18(26-11-7-6-9-16(3)25-5-2)13-19(28-20)29-12-8-10-21(22,23)15-29/h5-7,9,13-14H,4,8,10-12,15,24H2,1-3H3,(H,26,27,28)/b7-6+,16-9-,17-14-,25-5?. The first kappa shape index (κ1) is 22.5. The van der Waals surface area contributed by atoms with Crippen LogP contribution < -0.4 is 16.0 Å². The fourth-order valence-corrected chi connectivity index (χ4v) is 3.03. The number of hydrogen-bond donors (Lipinski definition) is 2. The fourth-order valence-electron chi connectivity index (χ4n) is 3.03. The maximum Gasteiger partial charge on any atom is 0.265 e. The van der Waals surface area contributed by atoms with E-state index >= 15 is 0 Å². The Balaban J connectivity index is 2.21. The summed E-state index contributed by atoms with van der Waals surface area (Å²) in [7, 11) is 0. The molecule has 1 aliphatic rings. The normalized spacial score (nSPS) is 18.0. The number of allylic oxidation sites excluding steroid dienone is 4. The number of nitrogens with one attached hydrogen (secondary N) is 1. The van der Waals surface area contributed by atoms with Crippen LogP contribution in [0.25, 0.3) is 5.57 Å². The van der Waals surface area contributed by atoms with Crippen molar-refractivity contribution in [3.05, 3.63) is 42.0 Å². The van der Waals surface area contributed by atoms with Crippen LogP contribution in [0.5, 0.6) is 0 Å². The van der Waals surface area contributed by atoms with Crippen LogP contribution in [0.1, 0.15) is 45.9 Å². The summed E-state index contributed by atoms with van der Waals surface area (Å²) in [6.07, 6.45) is 9.94. The molecule has 0 aromatic carbocycles. The van der Waals surface area contributed by atoms with Gasteiger partial charge in [0.1, 0.15) is 11.6 Å². The summed E-state index contributed by atoms with van der Waals surface area (Å²) in [5.74, 6) is -1.19. The van der Waals surface area contributed by atoms with Gasteiger partial charge in [0, 0.05) is 49.3 Å². The molecule has 8 heteroatoms. The predicted molar refractivity (Wildman–Crippen MR) is 116 cm³/mol. The maximum absolute atomic E-state index is 13.9. The van der Waals surface area contributed by atoms with E-state index in [1.807, 2.05) is 39.0 Å². The SMILES string of the molecule is CC=N/C(C)=C\C=C\CNc1cc(N2CCCC(F)(F)C2)nc(/C(=C\N)CC)n1. The number of halogens is 2. The number of piperidine rings is 1. The number of nitrogens with two attached hydrogens (primary N) is 1. The Hall–Kier alpha value is -2.77. The molecule has 0 bridgehead atoms. The number of nitrogens with zero attached hydrogens (tertiary/aromatic N) is 4. The maximum atomic E-state index is 13.9. The van der Waals surface area contributed by atoms with Crippen LogP contribution in [0.3, 0.4) is 0 Å². The number of aromatic nitrogens is 2. The van der Waals surface area contributed by atoms with E-state index in [0.717, 1.165) is 11.3 Å². The quantitative estimate of drug-likeness (QED) is 0.496. The van der Waals surface area contributed by atoms with E-state index in [1.165, 1.54) is 6.20 Å². The van der Waals surface area contributed by atoms with Crippen LogP contribution in [0.2, 0.25) is 0 Å². The minimum Gasteiger partial charge on any atom is -0.404 e. The first-order chi connectivity index (χ1) is 13.9. The largest absolute Gasteiger partial charge is 0.404 e. The van der Waals surface area contributed by atoms with Gasteiger partial charge in [-0.2, -0.15) is 0 Å².